The average molecular weight is 390 g/mol. The Morgan fingerprint density at radius 3 is 2.28 bits per heavy atom. The summed E-state index contributed by atoms with van der Waals surface area (Å²) in [4.78, 5) is 34.1. The number of benzene rings is 3. The summed E-state index contributed by atoms with van der Waals surface area (Å²) in [7, 11) is 0. The minimum absolute atomic E-state index is 0.0839. The summed E-state index contributed by atoms with van der Waals surface area (Å²) in [5.74, 6) is -1.19. The molecule has 0 bridgehead atoms. The van der Waals surface area contributed by atoms with Crippen molar-refractivity contribution in [2.45, 2.75) is 6.61 Å². The second kappa shape index (κ2) is 9.27. The zero-order valence-electron chi connectivity index (χ0n) is 15.4. The average Bonchev–Trinajstić information content (AvgIpc) is 2.77. The number of amides is 1. The van der Waals surface area contributed by atoms with E-state index in [1.165, 1.54) is 18.2 Å². The number of hydrogen-bond donors (Lipinski definition) is 1. The number of rotatable bonds is 7. The fourth-order valence-electron chi connectivity index (χ4n) is 2.65. The Balaban J connectivity index is 1.48. The highest BCUT2D eigenvalue weighted by Crippen LogP contribution is 2.19. The maximum absolute atomic E-state index is 12.0. The van der Waals surface area contributed by atoms with Crippen LogP contribution in [0.4, 0.5) is 5.69 Å². The maximum Gasteiger partial charge on any atom is 0.325 e. The highest BCUT2D eigenvalue weighted by molar-refractivity contribution is 5.96. The lowest BCUT2D eigenvalue weighted by molar-refractivity contribution is -0.384. The Hall–Kier alpha value is -4.00. The summed E-state index contributed by atoms with van der Waals surface area (Å²) in [5.41, 5.74) is 2.88. The fraction of sp³-hybridized carbons (Fsp3) is 0.0909. The van der Waals surface area contributed by atoms with E-state index in [1.807, 2.05) is 54.6 Å². The minimum Gasteiger partial charge on any atom is -0.460 e. The molecule has 0 atom stereocenters. The topological polar surface area (TPSA) is 98.5 Å². The molecule has 0 heterocycles. The van der Waals surface area contributed by atoms with Crippen molar-refractivity contribution in [1.82, 2.24) is 5.32 Å². The zero-order chi connectivity index (χ0) is 20.6. The number of ether oxygens (including phenoxy) is 1. The third-order valence-corrected chi connectivity index (χ3v) is 4.17. The van der Waals surface area contributed by atoms with Crippen LogP contribution < -0.4 is 5.32 Å². The van der Waals surface area contributed by atoms with Crippen molar-refractivity contribution in [2.75, 3.05) is 6.54 Å². The highest BCUT2D eigenvalue weighted by atomic mass is 16.6. The van der Waals surface area contributed by atoms with E-state index < -0.39 is 16.8 Å². The number of non-ortho nitro benzene ring substituents is 1. The van der Waals surface area contributed by atoms with Gasteiger partial charge in [-0.25, -0.2) is 0 Å². The summed E-state index contributed by atoms with van der Waals surface area (Å²) >= 11 is 0. The van der Waals surface area contributed by atoms with Gasteiger partial charge in [-0.2, -0.15) is 0 Å². The standard InChI is InChI=1S/C22H18N2O5/c25-21(14-23-22(26)19-7-4-8-20(13-19)24(27)28)29-15-16-9-11-18(12-10-16)17-5-2-1-3-6-17/h1-13H,14-15H2,(H,23,26). The summed E-state index contributed by atoms with van der Waals surface area (Å²) < 4.78 is 5.16. The molecule has 0 aliphatic rings. The molecule has 0 unspecified atom stereocenters. The Morgan fingerprint density at radius 2 is 1.59 bits per heavy atom. The van der Waals surface area contributed by atoms with Crippen LogP contribution in [0, 0.1) is 10.1 Å². The Labute approximate surface area is 167 Å². The molecule has 0 saturated heterocycles. The molecule has 7 nitrogen and oxygen atoms in total. The molecule has 29 heavy (non-hydrogen) atoms. The smallest absolute Gasteiger partial charge is 0.325 e. The first-order chi connectivity index (χ1) is 14.0. The summed E-state index contributed by atoms with van der Waals surface area (Å²) in [5, 5.41) is 13.2. The molecule has 3 aromatic rings. The number of nitrogens with zero attached hydrogens (tertiary/aromatic N) is 1. The molecule has 7 heteroatoms. The third-order valence-electron chi connectivity index (χ3n) is 4.17. The molecule has 0 radical (unpaired) electrons. The molecule has 1 amide bonds. The number of hydrogen-bond acceptors (Lipinski definition) is 5. The molecule has 146 valence electrons. The van der Waals surface area contributed by atoms with Gasteiger partial charge in [-0.05, 0) is 22.8 Å². The van der Waals surface area contributed by atoms with Crippen LogP contribution in [-0.4, -0.2) is 23.3 Å². The molecule has 0 aliphatic heterocycles. The van der Waals surface area contributed by atoms with Crippen molar-refractivity contribution in [3.05, 3.63) is 100 Å². The van der Waals surface area contributed by atoms with E-state index in [1.54, 1.807) is 0 Å². The van der Waals surface area contributed by atoms with E-state index in [0.717, 1.165) is 22.8 Å². The van der Waals surface area contributed by atoms with Gasteiger partial charge in [0.25, 0.3) is 11.6 Å². The normalized spacial score (nSPS) is 10.2. The second-order valence-corrected chi connectivity index (χ2v) is 6.21. The molecule has 0 spiro atoms. The van der Waals surface area contributed by atoms with Crippen LogP contribution in [0.5, 0.6) is 0 Å². The van der Waals surface area contributed by atoms with Gasteiger partial charge in [0.2, 0.25) is 0 Å². The SMILES string of the molecule is O=C(CNC(=O)c1cccc([N+](=O)[O-])c1)OCc1ccc(-c2ccccc2)cc1. The first-order valence-electron chi connectivity index (χ1n) is 8.85. The van der Waals surface area contributed by atoms with E-state index >= 15 is 0 Å². The maximum atomic E-state index is 12.0. The van der Waals surface area contributed by atoms with Crippen molar-refractivity contribution < 1.29 is 19.2 Å². The van der Waals surface area contributed by atoms with Crippen molar-refractivity contribution in [1.29, 1.82) is 0 Å². The Kier molecular flexibility index (Phi) is 6.32. The van der Waals surface area contributed by atoms with Gasteiger partial charge in [-0.3, -0.25) is 19.7 Å². The molecule has 3 aromatic carbocycles. The number of carbonyl (C=O) groups is 2. The minimum atomic E-state index is -0.601. The number of esters is 1. The largest absolute Gasteiger partial charge is 0.460 e. The first kappa shape index (κ1) is 19.8. The second-order valence-electron chi connectivity index (χ2n) is 6.21. The predicted octanol–water partition coefficient (Wildman–Crippen LogP) is 3.74. The van der Waals surface area contributed by atoms with Crippen LogP contribution in [0.1, 0.15) is 15.9 Å². The first-order valence-corrected chi connectivity index (χ1v) is 8.85. The van der Waals surface area contributed by atoms with Crippen LogP contribution in [0.2, 0.25) is 0 Å². The molecule has 0 saturated carbocycles. The fourth-order valence-corrected chi connectivity index (χ4v) is 2.65. The van der Waals surface area contributed by atoms with Gasteiger partial charge in [0.15, 0.2) is 0 Å². The lowest BCUT2D eigenvalue weighted by Crippen LogP contribution is -2.30. The quantitative estimate of drug-likeness (QED) is 0.376. The van der Waals surface area contributed by atoms with Gasteiger partial charge < -0.3 is 10.1 Å². The lowest BCUT2D eigenvalue weighted by Gasteiger charge is -2.08. The van der Waals surface area contributed by atoms with Crippen LogP contribution in [0.25, 0.3) is 11.1 Å². The molecule has 3 rings (SSSR count). The summed E-state index contributed by atoms with van der Waals surface area (Å²) in [6, 6.07) is 22.8. The van der Waals surface area contributed by atoms with E-state index in [2.05, 4.69) is 5.32 Å². The van der Waals surface area contributed by atoms with E-state index in [-0.39, 0.29) is 24.4 Å². The van der Waals surface area contributed by atoms with Crippen molar-refractivity contribution in [2.24, 2.45) is 0 Å². The van der Waals surface area contributed by atoms with E-state index in [9.17, 15) is 19.7 Å². The van der Waals surface area contributed by atoms with Gasteiger partial charge in [0, 0.05) is 17.7 Å². The molecular weight excluding hydrogens is 372 g/mol. The van der Waals surface area contributed by atoms with Crippen LogP contribution in [0.3, 0.4) is 0 Å². The van der Waals surface area contributed by atoms with Crippen LogP contribution in [-0.2, 0) is 16.1 Å². The predicted molar refractivity (Wildman–Crippen MR) is 107 cm³/mol. The van der Waals surface area contributed by atoms with Gasteiger partial charge >= 0.3 is 5.97 Å². The Bertz CT molecular complexity index is 1020. The molecule has 0 aromatic heterocycles. The number of nitrogens with one attached hydrogen (secondary N) is 1. The number of carbonyl (C=O) groups excluding carboxylic acids is 2. The monoisotopic (exact) mass is 390 g/mol. The third kappa shape index (κ3) is 5.49. The van der Waals surface area contributed by atoms with Gasteiger partial charge in [0.05, 0.1) is 4.92 Å². The lowest BCUT2D eigenvalue weighted by atomic mass is 10.0. The van der Waals surface area contributed by atoms with Gasteiger partial charge in [0.1, 0.15) is 13.2 Å². The highest BCUT2D eigenvalue weighted by Gasteiger charge is 2.13. The van der Waals surface area contributed by atoms with Crippen molar-refractivity contribution in [3.8, 4) is 11.1 Å². The summed E-state index contributed by atoms with van der Waals surface area (Å²) in [6.07, 6.45) is 0. The molecular formula is C22H18N2O5. The van der Waals surface area contributed by atoms with Crippen molar-refractivity contribution in [3.63, 3.8) is 0 Å². The number of nitro benzene ring substituents is 1. The van der Waals surface area contributed by atoms with Crippen LogP contribution >= 0.6 is 0 Å². The van der Waals surface area contributed by atoms with E-state index in [0.29, 0.717) is 0 Å². The van der Waals surface area contributed by atoms with E-state index in [4.69, 9.17) is 4.74 Å². The summed E-state index contributed by atoms with van der Waals surface area (Å²) in [6.45, 7) is -0.246. The number of nitro groups is 1. The van der Waals surface area contributed by atoms with Gasteiger partial charge in [-0.15, -0.1) is 0 Å². The Morgan fingerprint density at radius 1 is 0.897 bits per heavy atom. The van der Waals surface area contributed by atoms with Crippen LogP contribution in [0.15, 0.2) is 78.9 Å². The molecule has 1 N–H and O–H groups in total. The zero-order valence-corrected chi connectivity index (χ0v) is 15.4. The van der Waals surface area contributed by atoms with Crippen molar-refractivity contribution >= 4 is 17.6 Å². The molecule has 0 fully saturated rings. The molecule has 0 aliphatic carbocycles. The van der Waals surface area contributed by atoms with Gasteiger partial charge in [-0.1, -0.05) is 60.7 Å².